The van der Waals surface area contributed by atoms with Gasteiger partial charge in [-0.05, 0) is 79.4 Å². The number of aryl methyl sites for hydroxylation is 1. The predicted octanol–water partition coefficient (Wildman–Crippen LogP) is 5.11. The topological polar surface area (TPSA) is 121 Å². The van der Waals surface area contributed by atoms with E-state index >= 15 is 8.78 Å². The summed E-state index contributed by atoms with van der Waals surface area (Å²) in [5.74, 6) is -3.64. The van der Waals surface area contributed by atoms with E-state index in [2.05, 4.69) is 31.9 Å². The van der Waals surface area contributed by atoms with Crippen LogP contribution in [-0.2, 0) is 10.0 Å². The molecule has 1 aliphatic rings. The van der Waals surface area contributed by atoms with E-state index in [9.17, 15) is 26.4 Å². The first-order valence-electron chi connectivity index (χ1n) is 13.6. The van der Waals surface area contributed by atoms with Crippen LogP contribution < -0.4 is 15.6 Å². The minimum atomic E-state index is -4.74. The molecule has 0 bridgehead atoms. The SMILES string of the molecule is C=NC(=NC1CCC(N(C)C)CC1)Nc1c(C)nc(-c2c(F)cc(NS(=O)(=O)CCC(F)(F)F)cc2F)c(=O)n1C(C)C. The lowest BCUT2D eigenvalue weighted by Gasteiger charge is -2.31. The molecule has 0 atom stereocenters. The Labute approximate surface area is 247 Å². The van der Waals surface area contributed by atoms with E-state index in [4.69, 9.17) is 0 Å². The number of benzene rings is 1. The van der Waals surface area contributed by atoms with Crippen LogP contribution in [0, 0.1) is 18.6 Å². The van der Waals surface area contributed by atoms with Crippen molar-refractivity contribution in [2.45, 2.75) is 77.2 Å². The average Bonchev–Trinajstić information content (AvgIpc) is 2.88. The molecule has 0 aliphatic heterocycles. The molecule has 0 saturated heterocycles. The summed E-state index contributed by atoms with van der Waals surface area (Å²) in [6, 6.07) is 1.09. The lowest BCUT2D eigenvalue weighted by molar-refractivity contribution is -0.129. The van der Waals surface area contributed by atoms with Gasteiger partial charge in [-0.3, -0.25) is 14.1 Å². The second-order valence-electron chi connectivity index (χ2n) is 10.9. The van der Waals surface area contributed by atoms with Crippen molar-refractivity contribution in [3.63, 3.8) is 0 Å². The van der Waals surface area contributed by atoms with Crippen molar-refractivity contribution in [1.82, 2.24) is 14.5 Å². The molecule has 1 aromatic heterocycles. The number of rotatable bonds is 9. The molecule has 16 heteroatoms. The maximum absolute atomic E-state index is 15.2. The highest BCUT2D eigenvalue weighted by Crippen LogP contribution is 2.30. The van der Waals surface area contributed by atoms with E-state index < -0.39 is 68.6 Å². The van der Waals surface area contributed by atoms with Crippen LogP contribution in [0.1, 0.15) is 57.7 Å². The molecule has 1 aromatic carbocycles. The largest absolute Gasteiger partial charge is 0.390 e. The third kappa shape index (κ3) is 8.81. The van der Waals surface area contributed by atoms with Gasteiger partial charge in [-0.2, -0.15) is 13.2 Å². The molecule has 2 N–H and O–H groups in total. The molecular weight excluding hydrogens is 597 g/mol. The lowest BCUT2D eigenvalue weighted by Crippen LogP contribution is -2.34. The van der Waals surface area contributed by atoms with Crippen molar-refractivity contribution in [2.24, 2.45) is 9.98 Å². The number of nitrogens with one attached hydrogen (secondary N) is 2. The number of aliphatic imine (C=N–C) groups is 2. The Kier molecular flexibility index (Phi) is 10.7. The Morgan fingerprint density at radius 2 is 1.74 bits per heavy atom. The van der Waals surface area contributed by atoms with Crippen molar-refractivity contribution in [1.29, 1.82) is 0 Å². The molecule has 1 heterocycles. The molecule has 1 aliphatic carbocycles. The normalized spacial score (nSPS) is 18.3. The summed E-state index contributed by atoms with van der Waals surface area (Å²) in [4.78, 5) is 28.5. The zero-order valence-electron chi connectivity index (χ0n) is 24.6. The molecular formula is C27H36F5N7O3S. The number of nitrogens with zero attached hydrogens (tertiary/aromatic N) is 5. The Balaban J connectivity index is 1.96. The van der Waals surface area contributed by atoms with Gasteiger partial charge in [-0.25, -0.2) is 32.2 Å². The highest BCUT2D eigenvalue weighted by atomic mass is 32.2. The number of alkyl halides is 3. The zero-order valence-corrected chi connectivity index (χ0v) is 25.4. The second kappa shape index (κ2) is 13.5. The minimum Gasteiger partial charge on any atom is -0.309 e. The quantitative estimate of drug-likeness (QED) is 0.225. The van der Waals surface area contributed by atoms with Crippen molar-refractivity contribution in [3.05, 3.63) is 39.8 Å². The van der Waals surface area contributed by atoms with Crippen molar-refractivity contribution in [3.8, 4) is 11.3 Å². The Hall–Kier alpha value is -3.40. The standard InChI is InChI=1S/C27H36F5N7O3S/c1-15(2)39-24(36-26(33-4)35-17-7-9-19(10-8-17)38(5)6)16(3)34-23(25(39)40)22-20(28)13-18(14-21(22)29)37-43(41,42)12-11-27(30,31)32/h13-15,17,19,37H,4,7-12H2,1-3,5-6H3,(H,35,36). The van der Waals surface area contributed by atoms with E-state index in [1.807, 2.05) is 14.1 Å². The van der Waals surface area contributed by atoms with Crippen LogP contribution in [0.4, 0.5) is 33.5 Å². The van der Waals surface area contributed by atoms with Gasteiger partial charge in [0.05, 0.1) is 35.2 Å². The third-order valence-electron chi connectivity index (χ3n) is 7.09. The predicted molar refractivity (Wildman–Crippen MR) is 157 cm³/mol. The molecule has 1 fully saturated rings. The number of halogens is 5. The van der Waals surface area contributed by atoms with Crippen LogP contribution in [0.15, 0.2) is 26.9 Å². The van der Waals surface area contributed by atoms with E-state index in [1.54, 1.807) is 18.6 Å². The Bertz CT molecular complexity index is 1510. The van der Waals surface area contributed by atoms with Gasteiger partial charge in [-0.1, -0.05) is 0 Å². The first-order chi connectivity index (χ1) is 19.9. The molecule has 3 rings (SSSR count). The van der Waals surface area contributed by atoms with E-state index in [-0.39, 0.29) is 23.5 Å². The number of aromatic nitrogens is 2. The molecule has 0 radical (unpaired) electrons. The van der Waals surface area contributed by atoms with Gasteiger partial charge in [0.15, 0.2) is 0 Å². The van der Waals surface area contributed by atoms with Gasteiger partial charge >= 0.3 is 6.18 Å². The van der Waals surface area contributed by atoms with Gasteiger partial charge in [0.25, 0.3) is 5.56 Å². The summed E-state index contributed by atoms with van der Waals surface area (Å²) in [5.41, 5.74) is -2.70. The highest BCUT2D eigenvalue weighted by molar-refractivity contribution is 7.92. The molecule has 1 saturated carbocycles. The molecule has 238 valence electrons. The minimum absolute atomic E-state index is 0.0106. The van der Waals surface area contributed by atoms with Crippen molar-refractivity contribution < 1.29 is 30.4 Å². The first kappa shape index (κ1) is 34.1. The van der Waals surface area contributed by atoms with Crippen molar-refractivity contribution in [2.75, 3.05) is 29.9 Å². The molecule has 10 nitrogen and oxygen atoms in total. The van der Waals surface area contributed by atoms with Crippen LogP contribution in [0.5, 0.6) is 0 Å². The molecule has 0 amide bonds. The smallest absolute Gasteiger partial charge is 0.309 e. The molecule has 2 aromatic rings. The van der Waals surface area contributed by atoms with E-state index in [0.29, 0.717) is 18.2 Å². The Morgan fingerprint density at radius 3 is 2.23 bits per heavy atom. The van der Waals surface area contributed by atoms with Crippen LogP contribution in [-0.4, -0.2) is 73.7 Å². The van der Waals surface area contributed by atoms with Gasteiger partial charge in [0.2, 0.25) is 16.0 Å². The molecule has 43 heavy (non-hydrogen) atoms. The van der Waals surface area contributed by atoms with Gasteiger partial charge in [0, 0.05) is 12.1 Å². The van der Waals surface area contributed by atoms with Crippen LogP contribution >= 0.6 is 0 Å². The number of guanidine groups is 1. The highest BCUT2D eigenvalue weighted by Gasteiger charge is 2.31. The van der Waals surface area contributed by atoms with Crippen LogP contribution in [0.25, 0.3) is 11.3 Å². The summed E-state index contributed by atoms with van der Waals surface area (Å²) in [7, 11) is -0.499. The number of hydrogen-bond donors (Lipinski definition) is 2. The third-order valence-corrected chi connectivity index (χ3v) is 8.38. The number of hydrogen-bond acceptors (Lipinski definition) is 6. The van der Waals surface area contributed by atoms with E-state index in [1.165, 1.54) is 11.5 Å². The monoisotopic (exact) mass is 633 g/mol. The summed E-state index contributed by atoms with van der Waals surface area (Å²) in [6.07, 6.45) is -2.79. The maximum atomic E-state index is 15.2. The summed E-state index contributed by atoms with van der Waals surface area (Å²) in [5, 5.41) is 3.00. The van der Waals surface area contributed by atoms with Crippen LogP contribution in [0.3, 0.4) is 0 Å². The molecule has 0 spiro atoms. The fourth-order valence-electron chi connectivity index (χ4n) is 4.90. The van der Waals surface area contributed by atoms with Crippen molar-refractivity contribution >= 4 is 34.2 Å². The molecule has 0 unspecified atom stereocenters. The zero-order chi connectivity index (χ0) is 32.3. The van der Waals surface area contributed by atoms with Gasteiger partial charge in [0.1, 0.15) is 23.1 Å². The fourth-order valence-corrected chi connectivity index (χ4v) is 5.98. The summed E-state index contributed by atoms with van der Waals surface area (Å²) < 4.78 is 94.7. The summed E-state index contributed by atoms with van der Waals surface area (Å²) >= 11 is 0. The summed E-state index contributed by atoms with van der Waals surface area (Å²) in [6.45, 7) is 8.46. The van der Waals surface area contributed by atoms with Gasteiger partial charge < -0.3 is 10.2 Å². The second-order valence-corrected chi connectivity index (χ2v) is 12.8. The number of anilines is 2. The maximum Gasteiger partial charge on any atom is 0.390 e. The Morgan fingerprint density at radius 1 is 1.16 bits per heavy atom. The number of sulfonamides is 1. The lowest BCUT2D eigenvalue weighted by atomic mass is 9.91. The van der Waals surface area contributed by atoms with Gasteiger partial charge in [-0.15, -0.1) is 0 Å². The van der Waals surface area contributed by atoms with E-state index in [0.717, 1.165) is 25.7 Å². The first-order valence-corrected chi connectivity index (χ1v) is 15.3. The fraction of sp³-hybridized carbons (Fsp3) is 0.556. The average molecular weight is 634 g/mol. The van der Waals surface area contributed by atoms with Crippen LogP contribution in [0.2, 0.25) is 0 Å².